The van der Waals surface area contributed by atoms with Crippen molar-refractivity contribution in [2.75, 3.05) is 34.2 Å². The van der Waals surface area contributed by atoms with Gasteiger partial charge in [-0.1, -0.05) is 0 Å². The highest BCUT2D eigenvalue weighted by Gasteiger charge is 2.53. The number of benzene rings is 2. The number of rotatable bonds is 8. The van der Waals surface area contributed by atoms with Gasteiger partial charge >= 0.3 is 5.97 Å². The van der Waals surface area contributed by atoms with Gasteiger partial charge in [0.25, 0.3) is 0 Å². The molecule has 1 fully saturated rings. The summed E-state index contributed by atoms with van der Waals surface area (Å²) in [7, 11) is 2.89. The number of ether oxygens (including phenoxy) is 5. The molecule has 5 rings (SSSR count). The lowest BCUT2D eigenvalue weighted by atomic mass is 9.65. The summed E-state index contributed by atoms with van der Waals surface area (Å²) in [5.74, 6) is -0.592. The third kappa shape index (κ3) is 4.38. The summed E-state index contributed by atoms with van der Waals surface area (Å²) in [6.45, 7) is 0.511. The Labute approximate surface area is 213 Å². The molecule has 2 aromatic rings. The number of nitrogens with two attached hydrogens (primary N) is 2. The Hall–Kier alpha value is -3.70. The highest BCUT2D eigenvalue weighted by molar-refractivity contribution is 5.81. The zero-order chi connectivity index (χ0) is 26.3. The quantitative estimate of drug-likeness (QED) is 0.378. The summed E-state index contributed by atoms with van der Waals surface area (Å²) >= 11 is 0. The van der Waals surface area contributed by atoms with E-state index in [1.807, 2.05) is 12.1 Å². The van der Waals surface area contributed by atoms with Gasteiger partial charge in [0.2, 0.25) is 18.4 Å². The largest absolute Gasteiger partial charge is 0.502 e. The first-order chi connectivity index (χ1) is 17.9. The second kappa shape index (κ2) is 9.98. The number of methoxy groups -OCH3 is 2. The normalized spacial score (nSPS) is 24.1. The number of hydrogen-bond donors (Lipinski definition) is 4. The first-order valence-corrected chi connectivity index (χ1v) is 12.2. The molecule has 11 nitrogen and oxygen atoms in total. The molecule has 0 spiro atoms. The monoisotopic (exact) mass is 513 g/mol. The fourth-order valence-electron chi connectivity index (χ4n) is 5.52. The van der Waals surface area contributed by atoms with E-state index >= 15 is 0 Å². The predicted molar refractivity (Wildman–Crippen MR) is 131 cm³/mol. The van der Waals surface area contributed by atoms with Gasteiger partial charge in [-0.25, -0.2) is 0 Å². The van der Waals surface area contributed by atoms with Crippen LogP contribution in [0.3, 0.4) is 0 Å². The topological polar surface area (TPSA) is 165 Å². The van der Waals surface area contributed by atoms with Crippen LogP contribution in [-0.4, -0.2) is 57.2 Å². The van der Waals surface area contributed by atoms with Crippen LogP contribution in [0.4, 0.5) is 0 Å². The maximum absolute atomic E-state index is 13.2. The molecule has 1 saturated heterocycles. The van der Waals surface area contributed by atoms with Crippen LogP contribution in [0.25, 0.3) is 0 Å². The standard InChI is InChI=1S/C26H31N3O8/c1-33-19-5-12(6-20(34-2)25(19)31)22-14-7-17-18(37-11-36-17)8-15(14)24(16-10-35-26(32)23(16)22)29-21(30)4-3-13(28)9-27/h5-8,13,16,22-24,31H,3-4,9-11,27-28H2,1-2H3,(H,29,30)/t13-,16+,22-,23-,24-/m1/s1. The van der Waals surface area contributed by atoms with Crippen LogP contribution in [-0.2, 0) is 14.3 Å². The molecular formula is C26H31N3O8. The fraction of sp³-hybridized carbons (Fsp3) is 0.462. The van der Waals surface area contributed by atoms with Crippen molar-refractivity contribution in [3.63, 3.8) is 0 Å². The molecular weight excluding hydrogens is 482 g/mol. The summed E-state index contributed by atoms with van der Waals surface area (Å²) < 4.78 is 27.6. The Morgan fingerprint density at radius 2 is 1.76 bits per heavy atom. The third-order valence-electron chi connectivity index (χ3n) is 7.41. The molecule has 2 heterocycles. The zero-order valence-corrected chi connectivity index (χ0v) is 20.7. The summed E-state index contributed by atoms with van der Waals surface area (Å²) in [6.07, 6.45) is 0.652. The van der Waals surface area contributed by atoms with Crippen molar-refractivity contribution < 1.29 is 38.4 Å². The second-order valence-corrected chi connectivity index (χ2v) is 9.49. The zero-order valence-electron chi connectivity index (χ0n) is 20.7. The number of carbonyl (C=O) groups excluding carboxylic acids is 2. The molecule has 5 atom stereocenters. The lowest BCUT2D eigenvalue weighted by Gasteiger charge is -2.39. The minimum absolute atomic E-state index is 0.0760. The lowest BCUT2D eigenvalue weighted by molar-refractivity contribution is -0.141. The van der Waals surface area contributed by atoms with Crippen molar-refractivity contribution in [2.45, 2.75) is 30.8 Å². The van der Waals surface area contributed by atoms with E-state index in [0.29, 0.717) is 23.5 Å². The van der Waals surface area contributed by atoms with Crippen LogP contribution < -0.4 is 35.7 Å². The summed E-state index contributed by atoms with van der Waals surface area (Å²) in [5.41, 5.74) is 13.8. The third-order valence-corrected chi connectivity index (χ3v) is 7.41. The van der Waals surface area contributed by atoms with Crippen LogP contribution in [0.1, 0.15) is 41.5 Å². The van der Waals surface area contributed by atoms with Gasteiger partial charge in [-0.15, -0.1) is 0 Å². The number of cyclic esters (lactones) is 1. The molecule has 198 valence electrons. The van der Waals surface area contributed by atoms with Crippen LogP contribution >= 0.6 is 0 Å². The molecule has 37 heavy (non-hydrogen) atoms. The maximum Gasteiger partial charge on any atom is 0.310 e. The van der Waals surface area contributed by atoms with Crippen LogP contribution in [0, 0.1) is 11.8 Å². The van der Waals surface area contributed by atoms with Gasteiger partial charge in [0, 0.05) is 30.8 Å². The highest BCUT2D eigenvalue weighted by Crippen LogP contribution is 2.55. The van der Waals surface area contributed by atoms with Crippen molar-refractivity contribution in [1.82, 2.24) is 5.32 Å². The van der Waals surface area contributed by atoms with E-state index in [9.17, 15) is 14.7 Å². The molecule has 1 amide bonds. The number of phenolic OH excluding ortho intramolecular Hbond substituents is 1. The molecule has 2 aromatic carbocycles. The lowest BCUT2D eigenvalue weighted by Crippen LogP contribution is -2.43. The average Bonchev–Trinajstić information content (AvgIpc) is 3.52. The van der Waals surface area contributed by atoms with E-state index in [-0.39, 0.29) is 67.5 Å². The van der Waals surface area contributed by atoms with Crippen molar-refractivity contribution in [3.8, 4) is 28.7 Å². The van der Waals surface area contributed by atoms with Crippen molar-refractivity contribution in [1.29, 1.82) is 0 Å². The number of esters is 1. The first-order valence-electron chi connectivity index (χ1n) is 12.2. The van der Waals surface area contributed by atoms with E-state index < -0.39 is 17.9 Å². The molecule has 6 N–H and O–H groups in total. The molecule has 2 aliphatic heterocycles. The molecule has 0 unspecified atom stereocenters. The van der Waals surface area contributed by atoms with Crippen molar-refractivity contribution in [2.24, 2.45) is 23.3 Å². The SMILES string of the molecule is COc1cc([C@@H]2c3cc4c(cc3[C@@H](NC(=O)CC[C@@H](N)CN)[C@H]3COC(=O)[C@@H]23)OCO4)cc(OC)c1O. The van der Waals surface area contributed by atoms with Gasteiger partial charge in [-0.2, -0.15) is 0 Å². The van der Waals surface area contributed by atoms with Crippen LogP contribution in [0.5, 0.6) is 28.7 Å². The minimum atomic E-state index is -0.608. The molecule has 0 saturated carbocycles. The fourth-order valence-corrected chi connectivity index (χ4v) is 5.52. The number of amides is 1. The Bertz CT molecular complexity index is 1190. The Morgan fingerprint density at radius 3 is 2.38 bits per heavy atom. The average molecular weight is 514 g/mol. The van der Waals surface area contributed by atoms with Gasteiger partial charge in [0.05, 0.1) is 32.8 Å². The van der Waals surface area contributed by atoms with E-state index in [0.717, 1.165) is 11.1 Å². The first kappa shape index (κ1) is 25.0. The molecule has 3 aliphatic rings. The second-order valence-electron chi connectivity index (χ2n) is 9.49. The van der Waals surface area contributed by atoms with Crippen LogP contribution in [0.2, 0.25) is 0 Å². The molecule has 1 aliphatic carbocycles. The van der Waals surface area contributed by atoms with Crippen molar-refractivity contribution in [3.05, 3.63) is 41.0 Å². The van der Waals surface area contributed by atoms with E-state index in [2.05, 4.69) is 5.32 Å². The number of hydrogen-bond acceptors (Lipinski definition) is 10. The Balaban J connectivity index is 1.62. The number of phenols is 1. The molecule has 0 aromatic heterocycles. The van der Waals surface area contributed by atoms with Crippen LogP contribution in [0.15, 0.2) is 24.3 Å². The predicted octanol–water partition coefficient (Wildman–Crippen LogP) is 1.30. The van der Waals surface area contributed by atoms with E-state index in [4.69, 9.17) is 35.2 Å². The number of nitrogens with one attached hydrogen (secondary N) is 1. The van der Waals surface area contributed by atoms with Gasteiger partial charge in [-0.05, 0) is 47.4 Å². The van der Waals surface area contributed by atoms with E-state index in [1.165, 1.54) is 14.2 Å². The summed E-state index contributed by atoms with van der Waals surface area (Å²) in [6, 6.07) is 6.30. The minimum Gasteiger partial charge on any atom is -0.502 e. The van der Waals surface area contributed by atoms with Gasteiger partial charge in [0.1, 0.15) is 0 Å². The Kier molecular flexibility index (Phi) is 6.74. The number of fused-ring (bicyclic) bond motifs is 3. The van der Waals surface area contributed by atoms with E-state index in [1.54, 1.807) is 12.1 Å². The van der Waals surface area contributed by atoms with Gasteiger partial charge in [0.15, 0.2) is 23.0 Å². The summed E-state index contributed by atoms with van der Waals surface area (Å²) in [4.78, 5) is 26.1. The van der Waals surface area contributed by atoms with Gasteiger partial charge < -0.3 is 45.6 Å². The smallest absolute Gasteiger partial charge is 0.310 e. The molecule has 0 bridgehead atoms. The Morgan fingerprint density at radius 1 is 1.11 bits per heavy atom. The molecule has 0 radical (unpaired) electrons. The van der Waals surface area contributed by atoms with Gasteiger partial charge in [-0.3, -0.25) is 9.59 Å². The molecule has 11 heteroatoms. The van der Waals surface area contributed by atoms with Crippen molar-refractivity contribution >= 4 is 11.9 Å². The highest BCUT2D eigenvalue weighted by atomic mass is 16.7. The maximum atomic E-state index is 13.2. The summed E-state index contributed by atoms with van der Waals surface area (Å²) in [5, 5.41) is 13.6. The number of carbonyl (C=O) groups is 2. The number of aromatic hydroxyl groups is 1.